The number of aromatic nitrogens is 2. The summed E-state index contributed by atoms with van der Waals surface area (Å²) in [5.74, 6) is 0.226. The van der Waals surface area contributed by atoms with E-state index in [-0.39, 0.29) is 0 Å². The molecule has 0 atom stereocenters. The summed E-state index contributed by atoms with van der Waals surface area (Å²) in [5, 5.41) is 1.79. The third kappa shape index (κ3) is 3.16. The van der Waals surface area contributed by atoms with Gasteiger partial charge in [0.1, 0.15) is 11.5 Å². The predicted molar refractivity (Wildman–Crippen MR) is 91.6 cm³/mol. The molecule has 3 aromatic rings. The Morgan fingerprint density at radius 2 is 1.46 bits per heavy atom. The Balaban J connectivity index is 2.11. The van der Waals surface area contributed by atoms with Crippen LogP contribution in [-0.4, -0.2) is 24.2 Å². The summed E-state index contributed by atoms with van der Waals surface area (Å²) >= 11 is 0. The van der Waals surface area contributed by atoms with Gasteiger partial charge in [-0.25, -0.2) is 9.97 Å². The Bertz CT molecular complexity index is 938. The molecule has 1 aromatic heterocycles. The molecule has 0 aliphatic carbocycles. The van der Waals surface area contributed by atoms with Crippen molar-refractivity contribution in [1.29, 1.82) is 0 Å². The molecule has 0 unspecified atom stereocenters. The second-order valence-electron chi connectivity index (χ2n) is 5.81. The molecule has 0 saturated heterocycles. The van der Waals surface area contributed by atoms with Gasteiger partial charge in [-0.1, -0.05) is 24.3 Å². The smallest absolute Gasteiger partial charge is 0.451 e. The molecule has 136 valence electrons. The van der Waals surface area contributed by atoms with Crippen molar-refractivity contribution >= 4 is 10.8 Å². The molecule has 0 radical (unpaired) electrons. The second-order valence-corrected chi connectivity index (χ2v) is 5.81. The number of nitrogens with zero attached hydrogens (tertiary/aromatic N) is 2. The molecular weight excluding hydrogens is 345 g/mol. The van der Waals surface area contributed by atoms with Crippen LogP contribution < -0.4 is 9.47 Å². The van der Waals surface area contributed by atoms with E-state index in [9.17, 15) is 13.2 Å². The Kier molecular flexibility index (Phi) is 4.71. The summed E-state index contributed by atoms with van der Waals surface area (Å²) in [7, 11) is 3.16. The first-order valence-electron chi connectivity index (χ1n) is 7.87. The quantitative estimate of drug-likeness (QED) is 0.682. The van der Waals surface area contributed by atoms with E-state index >= 15 is 0 Å². The van der Waals surface area contributed by atoms with Gasteiger partial charge in [-0.15, -0.1) is 0 Å². The minimum atomic E-state index is -4.56. The van der Waals surface area contributed by atoms with Gasteiger partial charge in [0.05, 0.1) is 14.2 Å². The lowest BCUT2D eigenvalue weighted by Crippen LogP contribution is -2.11. The van der Waals surface area contributed by atoms with Crippen molar-refractivity contribution < 1.29 is 22.6 Å². The minimum Gasteiger partial charge on any atom is -0.496 e. The second kappa shape index (κ2) is 6.82. The zero-order valence-electron chi connectivity index (χ0n) is 14.5. The molecule has 0 bridgehead atoms. The van der Waals surface area contributed by atoms with E-state index in [4.69, 9.17) is 9.47 Å². The molecule has 0 aliphatic heterocycles. The van der Waals surface area contributed by atoms with Crippen LogP contribution >= 0.6 is 0 Å². The number of hydrogen-bond donors (Lipinski definition) is 0. The molecule has 3 rings (SSSR count). The summed E-state index contributed by atoms with van der Waals surface area (Å²) in [4.78, 5) is 6.86. The van der Waals surface area contributed by atoms with E-state index in [0.29, 0.717) is 23.5 Å². The predicted octanol–water partition coefficient (Wildman–Crippen LogP) is 4.57. The molecule has 0 aliphatic rings. The van der Waals surface area contributed by atoms with Gasteiger partial charge in [-0.05, 0) is 18.1 Å². The van der Waals surface area contributed by atoms with E-state index in [2.05, 4.69) is 9.97 Å². The summed E-state index contributed by atoms with van der Waals surface area (Å²) < 4.78 is 49.1. The fraction of sp³-hybridized carbons (Fsp3) is 0.263. The van der Waals surface area contributed by atoms with Crippen LogP contribution in [0, 0.1) is 6.92 Å². The largest absolute Gasteiger partial charge is 0.496 e. The third-order valence-electron chi connectivity index (χ3n) is 4.23. The van der Waals surface area contributed by atoms with Crippen LogP contribution in [0.3, 0.4) is 0 Å². The van der Waals surface area contributed by atoms with Crippen LogP contribution in [0.5, 0.6) is 11.5 Å². The normalized spacial score (nSPS) is 11.6. The average molecular weight is 362 g/mol. The van der Waals surface area contributed by atoms with Crippen molar-refractivity contribution in [2.75, 3.05) is 14.2 Å². The Morgan fingerprint density at radius 3 is 1.96 bits per heavy atom. The first-order valence-corrected chi connectivity index (χ1v) is 7.87. The highest BCUT2D eigenvalue weighted by molar-refractivity contribution is 5.96. The van der Waals surface area contributed by atoms with Gasteiger partial charge >= 0.3 is 6.18 Å². The average Bonchev–Trinajstić information content (AvgIpc) is 2.62. The van der Waals surface area contributed by atoms with E-state index in [1.165, 1.54) is 12.4 Å². The molecule has 1 heterocycles. The van der Waals surface area contributed by atoms with Crippen molar-refractivity contribution in [3.8, 4) is 11.5 Å². The zero-order valence-corrected chi connectivity index (χ0v) is 14.5. The maximum absolute atomic E-state index is 12.6. The molecule has 0 spiro atoms. The zero-order chi connectivity index (χ0) is 18.9. The van der Waals surface area contributed by atoms with Crippen molar-refractivity contribution in [3.05, 3.63) is 59.2 Å². The van der Waals surface area contributed by atoms with Gasteiger partial charge in [0.15, 0.2) is 0 Å². The maximum atomic E-state index is 12.6. The molecule has 0 saturated carbocycles. The molecule has 4 nitrogen and oxygen atoms in total. The van der Waals surface area contributed by atoms with E-state index < -0.39 is 12.0 Å². The van der Waals surface area contributed by atoms with Gasteiger partial charge in [0, 0.05) is 35.2 Å². The van der Waals surface area contributed by atoms with Gasteiger partial charge in [0.25, 0.3) is 0 Å². The number of halogens is 3. The molecule has 2 aromatic carbocycles. The molecular formula is C19H17F3N2O2. The Morgan fingerprint density at radius 1 is 0.923 bits per heavy atom. The van der Waals surface area contributed by atoms with Crippen LogP contribution in [0.15, 0.2) is 36.7 Å². The van der Waals surface area contributed by atoms with Crippen molar-refractivity contribution in [2.45, 2.75) is 19.5 Å². The van der Waals surface area contributed by atoms with Gasteiger partial charge < -0.3 is 9.47 Å². The topological polar surface area (TPSA) is 44.2 Å². The highest BCUT2D eigenvalue weighted by Gasteiger charge is 2.34. The number of benzene rings is 2. The standard InChI is InChI=1S/C19H17F3N2O2/c1-11-15(8-12-9-23-18(24-10-12)19(20,21)22)17(26-3)14-7-5-4-6-13(14)16(11)25-2/h4-7,9-10H,8H2,1-3H3. The van der Waals surface area contributed by atoms with E-state index in [1.54, 1.807) is 14.2 Å². The van der Waals surface area contributed by atoms with Crippen LogP contribution in [0.2, 0.25) is 0 Å². The minimum absolute atomic E-state index is 0.328. The molecule has 0 fully saturated rings. The lowest BCUT2D eigenvalue weighted by Gasteiger charge is -2.19. The first-order chi connectivity index (χ1) is 12.4. The molecule has 0 amide bonds. The molecule has 0 N–H and O–H groups in total. The number of rotatable bonds is 4. The summed E-state index contributed by atoms with van der Waals surface area (Å²) in [6.07, 6.45) is -1.85. The van der Waals surface area contributed by atoms with Gasteiger partial charge in [0.2, 0.25) is 5.82 Å². The molecule has 7 heteroatoms. The maximum Gasteiger partial charge on any atom is 0.451 e. The van der Waals surface area contributed by atoms with Gasteiger partial charge in [-0.3, -0.25) is 0 Å². The van der Waals surface area contributed by atoms with Crippen LogP contribution in [-0.2, 0) is 12.6 Å². The number of methoxy groups -OCH3 is 2. The van der Waals surface area contributed by atoms with E-state index in [1.807, 2.05) is 31.2 Å². The number of fused-ring (bicyclic) bond motifs is 1. The fourth-order valence-corrected chi connectivity index (χ4v) is 3.06. The number of alkyl halides is 3. The Labute approximate surface area is 148 Å². The van der Waals surface area contributed by atoms with Crippen LogP contribution in [0.1, 0.15) is 22.5 Å². The van der Waals surface area contributed by atoms with Crippen molar-refractivity contribution in [1.82, 2.24) is 9.97 Å². The lowest BCUT2D eigenvalue weighted by molar-refractivity contribution is -0.145. The van der Waals surface area contributed by atoms with E-state index in [0.717, 1.165) is 21.9 Å². The van der Waals surface area contributed by atoms with Crippen LogP contribution in [0.25, 0.3) is 10.8 Å². The first kappa shape index (κ1) is 18.0. The summed E-state index contributed by atoms with van der Waals surface area (Å²) in [5.41, 5.74) is 2.24. The SMILES string of the molecule is COc1c(C)c(Cc2cnc(C(F)(F)F)nc2)c(OC)c2ccccc12. The van der Waals surface area contributed by atoms with Crippen molar-refractivity contribution in [2.24, 2.45) is 0 Å². The van der Waals surface area contributed by atoms with Crippen molar-refractivity contribution in [3.63, 3.8) is 0 Å². The summed E-state index contributed by atoms with van der Waals surface area (Å²) in [6.45, 7) is 1.90. The monoisotopic (exact) mass is 362 g/mol. The Hall–Kier alpha value is -2.83. The highest BCUT2D eigenvalue weighted by Crippen LogP contribution is 2.41. The van der Waals surface area contributed by atoms with Gasteiger partial charge in [-0.2, -0.15) is 13.2 Å². The lowest BCUT2D eigenvalue weighted by atomic mass is 9.95. The highest BCUT2D eigenvalue weighted by atomic mass is 19.4. The summed E-state index contributed by atoms with van der Waals surface area (Å²) in [6, 6.07) is 7.66. The molecule has 26 heavy (non-hydrogen) atoms. The number of ether oxygens (including phenoxy) is 2. The third-order valence-corrected chi connectivity index (χ3v) is 4.23. The van der Waals surface area contributed by atoms with Crippen LogP contribution in [0.4, 0.5) is 13.2 Å². The number of hydrogen-bond acceptors (Lipinski definition) is 4. The fourth-order valence-electron chi connectivity index (χ4n) is 3.06.